The quantitative estimate of drug-likeness (QED) is 0.809. The van der Waals surface area contributed by atoms with E-state index in [0.29, 0.717) is 5.92 Å². The van der Waals surface area contributed by atoms with Gasteiger partial charge in [-0.25, -0.2) is 0 Å². The monoisotopic (exact) mass is 209 g/mol. The van der Waals surface area contributed by atoms with Crippen LogP contribution in [-0.2, 0) is 12.1 Å². The molecule has 15 heavy (non-hydrogen) atoms. The molecule has 1 unspecified atom stereocenters. The summed E-state index contributed by atoms with van der Waals surface area (Å²) in [5, 5.41) is 4.34. The Morgan fingerprint density at radius 2 is 2.13 bits per heavy atom. The normalized spacial score (nSPS) is 15.6. The van der Waals surface area contributed by atoms with Crippen LogP contribution in [0.25, 0.3) is 0 Å². The lowest BCUT2D eigenvalue weighted by atomic mass is 9.80. The molecule has 1 atom stereocenters. The van der Waals surface area contributed by atoms with Crippen LogP contribution in [0.15, 0.2) is 12.4 Å². The number of rotatable bonds is 5. The van der Waals surface area contributed by atoms with Crippen molar-refractivity contribution >= 4 is 0 Å². The van der Waals surface area contributed by atoms with Gasteiger partial charge in [0.2, 0.25) is 0 Å². The van der Waals surface area contributed by atoms with Crippen LogP contribution in [-0.4, -0.2) is 9.78 Å². The molecule has 0 aliphatic heterocycles. The van der Waals surface area contributed by atoms with Crippen molar-refractivity contribution in [3.8, 4) is 0 Å². The van der Waals surface area contributed by atoms with Gasteiger partial charge in [-0.15, -0.1) is 0 Å². The number of aromatic nitrogens is 2. The van der Waals surface area contributed by atoms with E-state index in [9.17, 15) is 0 Å². The van der Waals surface area contributed by atoms with Crippen LogP contribution in [0.1, 0.15) is 46.1 Å². The molecule has 0 aromatic carbocycles. The van der Waals surface area contributed by atoms with Crippen LogP contribution in [0.3, 0.4) is 0 Å². The van der Waals surface area contributed by atoms with Gasteiger partial charge in [-0.3, -0.25) is 4.68 Å². The van der Waals surface area contributed by atoms with Crippen molar-refractivity contribution in [3.05, 3.63) is 18.0 Å². The topological polar surface area (TPSA) is 43.8 Å². The van der Waals surface area contributed by atoms with Gasteiger partial charge in [-0.2, -0.15) is 5.10 Å². The van der Waals surface area contributed by atoms with Gasteiger partial charge >= 0.3 is 0 Å². The van der Waals surface area contributed by atoms with Crippen LogP contribution in [0.4, 0.5) is 0 Å². The second-order valence-electron chi connectivity index (χ2n) is 4.54. The highest BCUT2D eigenvalue weighted by molar-refractivity contribution is 5.18. The molecular weight excluding hydrogens is 186 g/mol. The summed E-state index contributed by atoms with van der Waals surface area (Å²) in [5.41, 5.74) is 7.35. The summed E-state index contributed by atoms with van der Waals surface area (Å²) in [7, 11) is 0. The van der Waals surface area contributed by atoms with Crippen molar-refractivity contribution < 1.29 is 0 Å². The molecule has 0 saturated heterocycles. The molecule has 1 aromatic heterocycles. The number of nitrogens with two attached hydrogens (primary N) is 1. The van der Waals surface area contributed by atoms with E-state index in [4.69, 9.17) is 5.73 Å². The minimum absolute atomic E-state index is 0.230. The standard InChI is InChI=1S/C12H23N3/c1-5-7-15-9-11(8-14-15)12(13,6-2)10(3)4/h8-10H,5-7,13H2,1-4H3. The second kappa shape index (κ2) is 4.79. The Morgan fingerprint density at radius 1 is 1.47 bits per heavy atom. The summed E-state index contributed by atoms with van der Waals surface area (Å²) in [5.74, 6) is 0.432. The van der Waals surface area contributed by atoms with E-state index >= 15 is 0 Å². The first kappa shape index (κ1) is 12.2. The van der Waals surface area contributed by atoms with Crippen LogP contribution >= 0.6 is 0 Å². The molecule has 0 aliphatic carbocycles. The Kier molecular flexibility index (Phi) is 3.91. The van der Waals surface area contributed by atoms with Gasteiger partial charge in [0.15, 0.2) is 0 Å². The fourth-order valence-electron chi connectivity index (χ4n) is 1.90. The first-order chi connectivity index (χ1) is 7.04. The molecule has 3 heteroatoms. The SMILES string of the molecule is CCCn1cc(C(N)(CC)C(C)C)cn1. The second-order valence-corrected chi connectivity index (χ2v) is 4.54. The summed E-state index contributed by atoms with van der Waals surface area (Å²) < 4.78 is 1.98. The van der Waals surface area contributed by atoms with Crippen LogP contribution in [0.5, 0.6) is 0 Å². The predicted molar refractivity (Wildman–Crippen MR) is 63.5 cm³/mol. The molecule has 0 saturated carbocycles. The lowest BCUT2D eigenvalue weighted by Crippen LogP contribution is -2.41. The summed E-state index contributed by atoms with van der Waals surface area (Å²) in [6.07, 6.45) is 6.06. The summed E-state index contributed by atoms with van der Waals surface area (Å²) in [6.45, 7) is 9.59. The summed E-state index contributed by atoms with van der Waals surface area (Å²) >= 11 is 0. The molecule has 0 radical (unpaired) electrons. The molecule has 2 N–H and O–H groups in total. The van der Waals surface area contributed by atoms with Crippen molar-refractivity contribution in [2.75, 3.05) is 0 Å². The molecule has 0 aliphatic rings. The predicted octanol–water partition coefficient (Wildman–Crippen LogP) is 2.51. The van der Waals surface area contributed by atoms with Crippen LogP contribution < -0.4 is 5.73 Å². The fourth-order valence-corrected chi connectivity index (χ4v) is 1.90. The molecule has 86 valence electrons. The Balaban J connectivity index is 2.92. The molecule has 3 nitrogen and oxygen atoms in total. The molecule has 0 spiro atoms. The van der Waals surface area contributed by atoms with Gasteiger partial charge < -0.3 is 5.73 Å². The number of aryl methyl sites for hydroxylation is 1. The smallest absolute Gasteiger partial charge is 0.0540 e. The zero-order chi connectivity index (χ0) is 11.5. The maximum atomic E-state index is 6.42. The van der Waals surface area contributed by atoms with E-state index in [2.05, 4.69) is 39.0 Å². The van der Waals surface area contributed by atoms with Gasteiger partial charge in [0.25, 0.3) is 0 Å². The van der Waals surface area contributed by atoms with E-state index in [0.717, 1.165) is 24.9 Å². The van der Waals surface area contributed by atoms with Crippen molar-refractivity contribution in [3.63, 3.8) is 0 Å². The molecule has 1 rings (SSSR count). The van der Waals surface area contributed by atoms with Crippen molar-refractivity contribution in [1.82, 2.24) is 9.78 Å². The summed E-state index contributed by atoms with van der Waals surface area (Å²) in [4.78, 5) is 0. The highest BCUT2D eigenvalue weighted by Crippen LogP contribution is 2.29. The molecule has 0 amide bonds. The summed E-state index contributed by atoms with van der Waals surface area (Å²) in [6, 6.07) is 0. The van der Waals surface area contributed by atoms with E-state index in [1.54, 1.807) is 0 Å². The third-order valence-corrected chi connectivity index (χ3v) is 3.24. The fraction of sp³-hybridized carbons (Fsp3) is 0.750. The van der Waals surface area contributed by atoms with Gasteiger partial charge in [-0.1, -0.05) is 27.7 Å². The molecule has 0 bridgehead atoms. The van der Waals surface area contributed by atoms with Gasteiger partial charge in [-0.05, 0) is 18.8 Å². The van der Waals surface area contributed by atoms with Crippen molar-refractivity contribution in [1.29, 1.82) is 0 Å². The Hall–Kier alpha value is -0.830. The van der Waals surface area contributed by atoms with E-state index < -0.39 is 0 Å². The average molecular weight is 209 g/mol. The van der Waals surface area contributed by atoms with Crippen molar-refractivity contribution in [2.45, 2.75) is 52.6 Å². The van der Waals surface area contributed by atoms with Crippen molar-refractivity contribution in [2.24, 2.45) is 11.7 Å². The zero-order valence-electron chi connectivity index (χ0n) is 10.3. The first-order valence-corrected chi connectivity index (χ1v) is 5.86. The minimum Gasteiger partial charge on any atom is -0.321 e. The Labute approximate surface area is 92.7 Å². The average Bonchev–Trinajstić information content (AvgIpc) is 2.66. The van der Waals surface area contributed by atoms with Gasteiger partial charge in [0.1, 0.15) is 0 Å². The number of nitrogens with zero attached hydrogens (tertiary/aromatic N) is 2. The van der Waals surface area contributed by atoms with Gasteiger partial charge in [0.05, 0.1) is 6.20 Å². The van der Waals surface area contributed by atoms with Crippen LogP contribution in [0.2, 0.25) is 0 Å². The van der Waals surface area contributed by atoms with E-state index in [1.165, 1.54) is 0 Å². The first-order valence-electron chi connectivity index (χ1n) is 5.86. The maximum absolute atomic E-state index is 6.42. The maximum Gasteiger partial charge on any atom is 0.0540 e. The lowest BCUT2D eigenvalue weighted by molar-refractivity contribution is 0.305. The largest absolute Gasteiger partial charge is 0.321 e. The van der Waals surface area contributed by atoms with E-state index in [1.807, 2.05) is 10.9 Å². The van der Waals surface area contributed by atoms with Crippen LogP contribution in [0, 0.1) is 5.92 Å². The highest BCUT2D eigenvalue weighted by atomic mass is 15.3. The Morgan fingerprint density at radius 3 is 2.60 bits per heavy atom. The number of hydrogen-bond donors (Lipinski definition) is 1. The van der Waals surface area contributed by atoms with Gasteiger partial charge in [0, 0.05) is 23.8 Å². The number of hydrogen-bond acceptors (Lipinski definition) is 2. The highest BCUT2D eigenvalue weighted by Gasteiger charge is 2.30. The third-order valence-electron chi connectivity index (χ3n) is 3.24. The molecule has 1 heterocycles. The van der Waals surface area contributed by atoms with E-state index in [-0.39, 0.29) is 5.54 Å². The third kappa shape index (κ3) is 2.40. The molecule has 0 fully saturated rings. The minimum atomic E-state index is -0.230. The molecular formula is C12H23N3. The lowest BCUT2D eigenvalue weighted by Gasteiger charge is -2.31. The zero-order valence-corrected chi connectivity index (χ0v) is 10.3. The molecule has 1 aromatic rings. The Bertz CT molecular complexity index is 304.